The molecule has 5 nitrogen and oxygen atoms in total. The first-order valence-corrected chi connectivity index (χ1v) is 8.13. The van der Waals surface area contributed by atoms with Gasteiger partial charge in [0.25, 0.3) is 5.91 Å². The fourth-order valence-electron chi connectivity index (χ4n) is 1.96. The Balaban J connectivity index is 2.08. The molecule has 2 rings (SSSR count). The van der Waals surface area contributed by atoms with Crippen LogP contribution in [0.1, 0.15) is 29.3 Å². The lowest BCUT2D eigenvalue weighted by Gasteiger charge is -2.11. The van der Waals surface area contributed by atoms with Gasteiger partial charge in [-0.05, 0) is 46.6 Å². The van der Waals surface area contributed by atoms with E-state index in [1.54, 1.807) is 31.5 Å². The second-order valence-corrected chi connectivity index (χ2v) is 5.70. The second-order valence-electron chi connectivity index (χ2n) is 4.84. The Bertz CT molecular complexity index is 677. The van der Waals surface area contributed by atoms with Crippen LogP contribution in [-0.4, -0.2) is 24.6 Å². The van der Waals surface area contributed by atoms with Gasteiger partial charge in [0.2, 0.25) is 5.88 Å². The van der Waals surface area contributed by atoms with E-state index in [0.29, 0.717) is 34.8 Å². The number of aromatic nitrogens is 1. The van der Waals surface area contributed by atoms with Crippen molar-refractivity contribution in [2.45, 2.75) is 19.9 Å². The number of hydrogen-bond donors (Lipinski definition) is 1. The molecule has 0 bridgehead atoms. The molecule has 0 unspecified atom stereocenters. The summed E-state index contributed by atoms with van der Waals surface area (Å²) in [5.74, 6) is 0.993. The summed E-state index contributed by atoms with van der Waals surface area (Å²) in [5, 5.41) is 2.88. The highest BCUT2D eigenvalue weighted by molar-refractivity contribution is 9.10. The molecule has 0 aliphatic carbocycles. The highest BCUT2D eigenvalue weighted by Crippen LogP contribution is 2.22. The standard InChI is InChI=1S/C17H19BrN2O3/c1-3-9-23-17-12(5-4-8-19-17)11-20-16(21)14-10-13(22-2)6-7-15(14)18/h4-8,10H,3,9,11H2,1-2H3,(H,20,21). The molecule has 0 aliphatic rings. The maximum absolute atomic E-state index is 12.4. The van der Waals surface area contributed by atoms with Gasteiger partial charge in [-0.25, -0.2) is 4.98 Å². The summed E-state index contributed by atoms with van der Waals surface area (Å²) in [5.41, 5.74) is 1.36. The number of ether oxygens (including phenoxy) is 2. The number of nitrogens with one attached hydrogen (secondary N) is 1. The van der Waals surface area contributed by atoms with Crippen LogP contribution in [0.5, 0.6) is 11.6 Å². The van der Waals surface area contributed by atoms with E-state index in [0.717, 1.165) is 12.0 Å². The van der Waals surface area contributed by atoms with Gasteiger partial charge in [-0.2, -0.15) is 0 Å². The van der Waals surface area contributed by atoms with Crippen molar-refractivity contribution in [2.75, 3.05) is 13.7 Å². The quantitative estimate of drug-likeness (QED) is 0.799. The van der Waals surface area contributed by atoms with Crippen LogP contribution in [0.2, 0.25) is 0 Å². The third kappa shape index (κ3) is 4.69. The van der Waals surface area contributed by atoms with Crippen molar-refractivity contribution < 1.29 is 14.3 Å². The molecule has 2 aromatic rings. The van der Waals surface area contributed by atoms with E-state index in [1.165, 1.54) is 0 Å². The van der Waals surface area contributed by atoms with Crippen LogP contribution in [0.25, 0.3) is 0 Å². The van der Waals surface area contributed by atoms with Gasteiger partial charge in [-0.15, -0.1) is 0 Å². The summed E-state index contributed by atoms with van der Waals surface area (Å²) < 4.78 is 11.5. The topological polar surface area (TPSA) is 60.5 Å². The van der Waals surface area contributed by atoms with Gasteiger partial charge in [0.05, 0.1) is 19.3 Å². The minimum atomic E-state index is -0.193. The lowest BCUT2D eigenvalue weighted by molar-refractivity contribution is 0.0949. The van der Waals surface area contributed by atoms with Gasteiger partial charge >= 0.3 is 0 Å². The molecule has 0 saturated carbocycles. The van der Waals surface area contributed by atoms with Gasteiger partial charge in [0.1, 0.15) is 5.75 Å². The number of rotatable bonds is 7. The largest absolute Gasteiger partial charge is 0.497 e. The normalized spacial score (nSPS) is 10.2. The SMILES string of the molecule is CCCOc1ncccc1CNC(=O)c1cc(OC)ccc1Br. The number of amides is 1. The van der Waals surface area contributed by atoms with Crippen molar-refractivity contribution in [2.24, 2.45) is 0 Å². The number of hydrogen-bond acceptors (Lipinski definition) is 4. The monoisotopic (exact) mass is 378 g/mol. The van der Waals surface area contributed by atoms with Gasteiger partial charge in [-0.3, -0.25) is 4.79 Å². The van der Waals surface area contributed by atoms with Crippen LogP contribution in [0.3, 0.4) is 0 Å². The van der Waals surface area contributed by atoms with Crippen molar-refractivity contribution in [1.29, 1.82) is 0 Å². The second kappa shape index (κ2) is 8.53. The molecule has 0 saturated heterocycles. The molecule has 122 valence electrons. The molecule has 1 amide bonds. The maximum atomic E-state index is 12.4. The molecule has 0 fully saturated rings. The average Bonchev–Trinajstić information content (AvgIpc) is 2.59. The Labute approximate surface area is 144 Å². The molecular formula is C17H19BrN2O3. The van der Waals surface area contributed by atoms with Crippen LogP contribution in [0.15, 0.2) is 41.0 Å². The predicted molar refractivity (Wildman–Crippen MR) is 91.9 cm³/mol. The summed E-state index contributed by atoms with van der Waals surface area (Å²) >= 11 is 3.38. The minimum Gasteiger partial charge on any atom is -0.497 e. The van der Waals surface area contributed by atoms with Crippen molar-refractivity contribution in [3.05, 3.63) is 52.1 Å². The summed E-state index contributed by atoms with van der Waals surface area (Å²) in [6, 6.07) is 8.98. The fraction of sp³-hybridized carbons (Fsp3) is 0.294. The predicted octanol–water partition coefficient (Wildman–Crippen LogP) is 3.57. The highest BCUT2D eigenvalue weighted by atomic mass is 79.9. The maximum Gasteiger partial charge on any atom is 0.252 e. The lowest BCUT2D eigenvalue weighted by Crippen LogP contribution is -2.23. The minimum absolute atomic E-state index is 0.193. The van der Waals surface area contributed by atoms with E-state index in [1.807, 2.05) is 19.1 Å². The van der Waals surface area contributed by atoms with Crippen molar-refractivity contribution in [3.63, 3.8) is 0 Å². The Kier molecular flexibility index (Phi) is 6.40. The summed E-state index contributed by atoms with van der Waals surface area (Å²) in [7, 11) is 1.57. The Hall–Kier alpha value is -2.08. The summed E-state index contributed by atoms with van der Waals surface area (Å²) in [6.07, 6.45) is 2.58. The molecule has 0 atom stereocenters. The molecule has 1 N–H and O–H groups in total. The van der Waals surface area contributed by atoms with Crippen LogP contribution >= 0.6 is 15.9 Å². The van der Waals surface area contributed by atoms with E-state index in [4.69, 9.17) is 9.47 Å². The highest BCUT2D eigenvalue weighted by Gasteiger charge is 2.12. The molecule has 0 spiro atoms. The molecule has 6 heteroatoms. The fourth-order valence-corrected chi connectivity index (χ4v) is 2.39. The average molecular weight is 379 g/mol. The van der Waals surface area contributed by atoms with Crippen LogP contribution in [0, 0.1) is 0 Å². The van der Waals surface area contributed by atoms with Crippen molar-refractivity contribution in [1.82, 2.24) is 10.3 Å². The molecule has 0 aliphatic heterocycles. The number of methoxy groups -OCH3 is 1. The van der Waals surface area contributed by atoms with E-state index in [-0.39, 0.29) is 5.91 Å². The molecular weight excluding hydrogens is 360 g/mol. The lowest BCUT2D eigenvalue weighted by atomic mass is 10.2. The smallest absolute Gasteiger partial charge is 0.252 e. The number of pyridine rings is 1. The molecule has 1 aromatic heterocycles. The van der Waals surface area contributed by atoms with E-state index in [2.05, 4.69) is 26.2 Å². The zero-order valence-electron chi connectivity index (χ0n) is 13.1. The molecule has 23 heavy (non-hydrogen) atoms. The van der Waals surface area contributed by atoms with E-state index < -0.39 is 0 Å². The zero-order chi connectivity index (χ0) is 16.7. The van der Waals surface area contributed by atoms with Crippen LogP contribution in [0.4, 0.5) is 0 Å². The summed E-state index contributed by atoms with van der Waals surface area (Å²) in [4.78, 5) is 16.6. The molecule has 0 radical (unpaired) electrons. The van der Waals surface area contributed by atoms with Gasteiger partial charge in [0.15, 0.2) is 0 Å². The van der Waals surface area contributed by atoms with Crippen LogP contribution in [-0.2, 0) is 6.54 Å². The number of carbonyl (C=O) groups is 1. The first-order valence-electron chi connectivity index (χ1n) is 7.34. The third-order valence-electron chi connectivity index (χ3n) is 3.15. The Morgan fingerprint density at radius 3 is 2.91 bits per heavy atom. The zero-order valence-corrected chi connectivity index (χ0v) is 14.7. The number of benzene rings is 1. The van der Waals surface area contributed by atoms with E-state index in [9.17, 15) is 4.79 Å². The first kappa shape index (κ1) is 17.3. The molecule has 1 heterocycles. The first-order chi connectivity index (χ1) is 11.2. The van der Waals surface area contributed by atoms with E-state index >= 15 is 0 Å². The van der Waals surface area contributed by atoms with Crippen molar-refractivity contribution in [3.8, 4) is 11.6 Å². The molecule has 1 aromatic carbocycles. The Morgan fingerprint density at radius 1 is 1.35 bits per heavy atom. The number of nitrogens with zero attached hydrogens (tertiary/aromatic N) is 1. The summed E-state index contributed by atoms with van der Waals surface area (Å²) in [6.45, 7) is 2.97. The third-order valence-corrected chi connectivity index (χ3v) is 3.84. The van der Waals surface area contributed by atoms with Gasteiger partial charge < -0.3 is 14.8 Å². The number of halogens is 1. The van der Waals surface area contributed by atoms with Crippen molar-refractivity contribution >= 4 is 21.8 Å². The van der Waals surface area contributed by atoms with Gasteiger partial charge in [0, 0.05) is 22.8 Å². The van der Waals surface area contributed by atoms with Crippen LogP contribution < -0.4 is 14.8 Å². The Morgan fingerprint density at radius 2 is 2.17 bits per heavy atom. The van der Waals surface area contributed by atoms with Gasteiger partial charge in [-0.1, -0.05) is 13.0 Å². The number of carbonyl (C=O) groups excluding carboxylic acids is 1.